The van der Waals surface area contributed by atoms with E-state index in [9.17, 15) is 0 Å². The smallest absolute Gasteiger partial charge is 0.234 e. The number of nitriles is 1. The van der Waals surface area contributed by atoms with Crippen LogP contribution in [0.25, 0.3) is 28.2 Å². The van der Waals surface area contributed by atoms with E-state index in [-0.39, 0.29) is 5.82 Å². The average Bonchev–Trinajstić information content (AvgIpc) is 3.34. The van der Waals surface area contributed by atoms with Crippen molar-refractivity contribution in [3.63, 3.8) is 0 Å². The fourth-order valence-electron chi connectivity index (χ4n) is 4.91. The van der Waals surface area contributed by atoms with Crippen molar-refractivity contribution in [2.24, 2.45) is 0 Å². The predicted octanol–water partition coefficient (Wildman–Crippen LogP) is 3.80. The van der Waals surface area contributed by atoms with Gasteiger partial charge in [-0.05, 0) is 60.9 Å². The van der Waals surface area contributed by atoms with Gasteiger partial charge in [0.2, 0.25) is 5.82 Å². The van der Waals surface area contributed by atoms with Crippen LogP contribution in [0.1, 0.15) is 24.2 Å². The number of hydrogen-bond acceptors (Lipinski definition) is 9. The summed E-state index contributed by atoms with van der Waals surface area (Å²) in [5, 5.41) is 12.5. The summed E-state index contributed by atoms with van der Waals surface area (Å²) < 4.78 is 2.08. The number of nitrogens with two attached hydrogens (primary N) is 1. The summed E-state index contributed by atoms with van der Waals surface area (Å²) in [6.07, 6.45) is 7.06. The molecule has 0 saturated carbocycles. The molecule has 1 aliphatic rings. The Morgan fingerprint density at radius 3 is 2.50 bits per heavy atom. The number of fused-ring (bicyclic) bond motifs is 1. The van der Waals surface area contributed by atoms with Gasteiger partial charge in [-0.15, -0.1) is 0 Å². The number of likely N-dealkylation sites (tertiary alicyclic amines) is 1. The minimum atomic E-state index is 0.187. The Bertz CT molecular complexity index is 1610. The number of benzene rings is 1. The van der Waals surface area contributed by atoms with E-state index in [4.69, 9.17) is 16.0 Å². The molecule has 1 aliphatic heterocycles. The third-order valence-electron chi connectivity index (χ3n) is 6.81. The largest absolute Gasteiger partial charge is 0.383 e. The van der Waals surface area contributed by atoms with Crippen molar-refractivity contribution in [2.45, 2.75) is 25.4 Å². The number of rotatable bonds is 6. The summed E-state index contributed by atoms with van der Waals surface area (Å²) in [5.41, 5.74) is 10.8. The molecule has 6 rings (SSSR count). The third kappa shape index (κ3) is 4.75. The van der Waals surface area contributed by atoms with Crippen LogP contribution in [0.5, 0.6) is 0 Å². The van der Waals surface area contributed by atoms with Gasteiger partial charge in [0.1, 0.15) is 17.7 Å². The number of anilines is 2. The fourth-order valence-corrected chi connectivity index (χ4v) is 4.91. The Hall–Kier alpha value is -4.88. The van der Waals surface area contributed by atoms with Crippen molar-refractivity contribution in [1.29, 1.82) is 5.26 Å². The minimum absolute atomic E-state index is 0.187. The summed E-state index contributed by atoms with van der Waals surface area (Å²) in [6.45, 7) is 2.85. The fraction of sp³-hybridized carbons (Fsp3) is 0.214. The zero-order valence-electron chi connectivity index (χ0n) is 20.7. The van der Waals surface area contributed by atoms with E-state index in [2.05, 4.69) is 59.0 Å². The molecule has 188 valence electrons. The van der Waals surface area contributed by atoms with Crippen molar-refractivity contribution < 1.29 is 0 Å². The molecule has 5 heterocycles. The molecule has 0 atom stereocenters. The van der Waals surface area contributed by atoms with Crippen molar-refractivity contribution in [2.75, 3.05) is 24.1 Å². The standard InChI is InChI=1S/C28H26N10/c29-17-25-31-14-9-24(35-25)34-20-10-15-37(16-11-20)18-19-5-7-21(8-6-19)38-23-4-2-13-33-27(23)36-28(38)22-3-1-12-32-26(22)30/h1-9,12-14,20H,10-11,15-16,18H2,(H2,30,32)(H,31,34,35). The number of nitrogens with zero attached hydrogens (tertiary/aromatic N) is 8. The Morgan fingerprint density at radius 1 is 0.921 bits per heavy atom. The highest BCUT2D eigenvalue weighted by molar-refractivity contribution is 5.82. The highest BCUT2D eigenvalue weighted by atomic mass is 15.2. The summed E-state index contributed by atoms with van der Waals surface area (Å²) >= 11 is 0. The maximum absolute atomic E-state index is 9.01. The molecule has 1 saturated heterocycles. The maximum atomic E-state index is 9.01. The van der Waals surface area contributed by atoms with Crippen molar-refractivity contribution >= 4 is 22.8 Å². The lowest BCUT2D eigenvalue weighted by Gasteiger charge is -2.32. The highest BCUT2D eigenvalue weighted by Gasteiger charge is 2.20. The van der Waals surface area contributed by atoms with Crippen LogP contribution in [-0.2, 0) is 6.54 Å². The van der Waals surface area contributed by atoms with Crippen LogP contribution >= 0.6 is 0 Å². The second-order valence-electron chi connectivity index (χ2n) is 9.29. The molecule has 0 radical (unpaired) electrons. The highest BCUT2D eigenvalue weighted by Crippen LogP contribution is 2.30. The van der Waals surface area contributed by atoms with Gasteiger partial charge in [0.25, 0.3) is 0 Å². The number of imidazole rings is 1. The molecule has 1 aromatic carbocycles. The van der Waals surface area contributed by atoms with Crippen molar-refractivity contribution in [3.05, 3.63) is 84.6 Å². The number of aromatic nitrogens is 6. The molecule has 1 fully saturated rings. The molecule has 0 spiro atoms. The first-order valence-electron chi connectivity index (χ1n) is 12.5. The molecule has 10 heteroatoms. The van der Waals surface area contributed by atoms with Gasteiger partial charge in [0.15, 0.2) is 11.5 Å². The van der Waals surface area contributed by atoms with Crippen LogP contribution in [0.15, 0.2) is 73.2 Å². The normalized spacial score (nSPS) is 14.4. The van der Waals surface area contributed by atoms with E-state index >= 15 is 0 Å². The first kappa shape index (κ1) is 23.5. The zero-order chi connectivity index (χ0) is 25.9. The summed E-state index contributed by atoms with van der Waals surface area (Å²) in [5.74, 6) is 2.05. The third-order valence-corrected chi connectivity index (χ3v) is 6.81. The van der Waals surface area contributed by atoms with Gasteiger partial charge in [0, 0.05) is 50.0 Å². The lowest BCUT2D eigenvalue weighted by molar-refractivity contribution is 0.211. The van der Waals surface area contributed by atoms with Gasteiger partial charge >= 0.3 is 0 Å². The van der Waals surface area contributed by atoms with Gasteiger partial charge in [-0.3, -0.25) is 9.47 Å². The van der Waals surface area contributed by atoms with E-state index in [1.807, 2.05) is 36.4 Å². The average molecular weight is 503 g/mol. The molecule has 3 N–H and O–H groups in total. The maximum Gasteiger partial charge on any atom is 0.234 e. The van der Waals surface area contributed by atoms with Crippen LogP contribution in [-0.4, -0.2) is 53.5 Å². The number of nitrogens with one attached hydrogen (secondary N) is 1. The molecular weight excluding hydrogens is 476 g/mol. The van der Waals surface area contributed by atoms with Crippen LogP contribution in [0.4, 0.5) is 11.6 Å². The zero-order valence-corrected chi connectivity index (χ0v) is 20.7. The summed E-state index contributed by atoms with van der Waals surface area (Å²) in [6, 6.07) is 20.4. The SMILES string of the molecule is N#Cc1nccc(NC2CCN(Cc3ccc(-n4c(-c5cccnc5N)nc5ncccc54)cc3)CC2)n1. The van der Waals surface area contributed by atoms with Crippen LogP contribution in [0.2, 0.25) is 0 Å². The Balaban J connectivity index is 1.16. The van der Waals surface area contributed by atoms with Gasteiger partial charge in [-0.1, -0.05) is 12.1 Å². The van der Waals surface area contributed by atoms with Gasteiger partial charge < -0.3 is 11.1 Å². The van der Waals surface area contributed by atoms with Gasteiger partial charge in [0.05, 0.1) is 11.1 Å². The van der Waals surface area contributed by atoms with E-state index in [0.717, 1.165) is 55.1 Å². The number of nitrogen functional groups attached to an aromatic ring is 1. The van der Waals surface area contributed by atoms with Crippen molar-refractivity contribution in [3.8, 4) is 23.1 Å². The summed E-state index contributed by atoms with van der Waals surface area (Å²) in [7, 11) is 0. The number of pyridine rings is 2. The Labute approximate surface area is 219 Å². The van der Waals surface area contributed by atoms with E-state index < -0.39 is 0 Å². The van der Waals surface area contributed by atoms with E-state index in [1.54, 1.807) is 18.6 Å². The quantitative estimate of drug-likeness (QED) is 0.355. The van der Waals surface area contributed by atoms with Gasteiger partial charge in [-0.25, -0.2) is 24.9 Å². The second-order valence-corrected chi connectivity index (χ2v) is 9.29. The van der Waals surface area contributed by atoms with Crippen molar-refractivity contribution in [1.82, 2.24) is 34.4 Å². The van der Waals surface area contributed by atoms with Crippen LogP contribution < -0.4 is 11.1 Å². The monoisotopic (exact) mass is 502 g/mol. The molecule has 0 amide bonds. The predicted molar refractivity (Wildman–Crippen MR) is 145 cm³/mol. The molecule has 5 aromatic rings. The number of piperidine rings is 1. The molecule has 4 aromatic heterocycles. The van der Waals surface area contributed by atoms with Crippen LogP contribution in [0, 0.1) is 11.3 Å². The second kappa shape index (κ2) is 10.2. The Kier molecular flexibility index (Phi) is 6.34. The molecule has 0 unspecified atom stereocenters. The topological polar surface area (TPSA) is 134 Å². The lowest BCUT2D eigenvalue weighted by Crippen LogP contribution is -2.38. The molecule has 10 nitrogen and oxygen atoms in total. The first-order chi connectivity index (χ1) is 18.7. The van der Waals surface area contributed by atoms with E-state index in [1.165, 1.54) is 5.56 Å². The summed E-state index contributed by atoms with van der Waals surface area (Å²) in [4.78, 5) is 24.1. The Morgan fingerprint density at radius 2 is 1.71 bits per heavy atom. The minimum Gasteiger partial charge on any atom is -0.383 e. The molecule has 0 bridgehead atoms. The number of hydrogen-bond donors (Lipinski definition) is 2. The van der Waals surface area contributed by atoms with Crippen LogP contribution in [0.3, 0.4) is 0 Å². The lowest BCUT2D eigenvalue weighted by atomic mass is 10.0. The molecule has 38 heavy (non-hydrogen) atoms. The molecular formula is C28H26N10. The first-order valence-corrected chi connectivity index (χ1v) is 12.5. The molecule has 0 aliphatic carbocycles. The van der Waals surface area contributed by atoms with Gasteiger partial charge in [-0.2, -0.15) is 5.26 Å². The van der Waals surface area contributed by atoms with E-state index in [0.29, 0.717) is 23.3 Å².